The number of benzene rings is 3. The lowest BCUT2D eigenvalue weighted by Crippen LogP contribution is -2.53. The van der Waals surface area contributed by atoms with Gasteiger partial charge in [-0.25, -0.2) is 9.18 Å². The number of allylic oxidation sites excluding steroid dienone is 2. The molecule has 3 fully saturated rings. The Bertz CT molecular complexity index is 1890. The average Bonchev–Trinajstić information content (AvgIpc) is 3.41. The number of primary amides is 1. The number of anilines is 1. The third-order valence-electron chi connectivity index (χ3n) is 9.78. The minimum Gasteiger partial charge on any atom is -0.508 e. The molecule has 6 amide bonds. The first-order valence-corrected chi connectivity index (χ1v) is 15.6. The molecule has 7 rings (SSSR count). The van der Waals surface area contributed by atoms with E-state index in [0.29, 0.717) is 31.1 Å². The minimum atomic E-state index is -1.66. The molecule has 4 N–H and O–H groups in total. The van der Waals surface area contributed by atoms with E-state index < -0.39 is 70.5 Å². The summed E-state index contributed by atoms with van der Waals surface area (Å²) in [6.07, 6.45) is 1.84. The Labute approximate surface area is 275 Å². The highest BCUT2D eigenvalue weighted by molar-refractivity contribution is 9.10. The van der Waals surface area contributed by atoms with E-state index in [1.807, 2.05) is 0 Å². The maximum Gasteiger partial charge on any atom is 0.328 e. The Balaban J connectivity index is 1.48. The molecule has 0 aromatic heterocycles. The third-order valence-corrected chi connectivity index (χ3v) is 10.5. The fourth-order valence-electron chi connectivity index (χ4n) is 7.97. The van der Waals surface area contributed by atoms with E-state index in [0.717, 1.165) is 5.01 Å². The van der Waals surface area contributed by atoms with Gasteiger partial charge in [0.25, 0.3) is 11.8 Å². The molecule has 0 radical (unpaired) electrons. The fourth-order valence-corrected chi connectivity index (χ4v) is 8.48. The van der Waals surface area contributed by atoms with Crippen LogP contribution in [0.4, 0.5) is 14.9 Å². The number of nitrogens with zero attached hydrogens (tertiary/aromatic N) is 2. The Morgan fingerprint density at radius 2 is 1.67 bits per heavy atom. The van der Waals surface area contributed by atoms with E-state index in [-0.39, 0.29) is 24.3 Å². The SMILES string of the molecule is NC(=O)N1C(=O)C2CC=C3C(CC4C(=O)N(Nc5ccc(F)cc5)C(=O)C4(c4ccc(Cl)cc4)C3c3cc(Br)ccc3O)C2C1=O. The van der Waals surface area contributed by atoms with E-state index in [1.54, 1.807) is 42.5 Å². The highest BCUT2D eigenvalue weighted by Gasteiger charge is 2.70. The summed E-state index contributed by atoms with van der Waals surface area (Å²) in [5.41, 5.74) is 8.25. The maximum absolute atomic E-state index is 15.0. The van der Waals surface area contributed by atoms with Crippen molar-refractivity contribution in [3.8, 4) is 5.75 Å². The molecule has 2 aliphatic carbocycles. The van der Waals surface area contributed by atoms with Crippen LogP contribution in [0.15, 0.2) is 82.9 Å². The molecule has 0 spiro atoms. The molecule has 4 aliphatic rings. The van der Waals surface area contributed by atoms with Gasteiger partial charge in [-0.1, -0.05) is 51.3 Å². The summed E-state index contributed by atoms with van der Waals surface area (Å²) in [6.45, 7) is 0. The van der Waals surface area contributed by atoms with Crippen LogP contribution >= 0.6 is 27.5 Å². The summed E-state index contributed by atoms with van der Waals surface area (Å²) in [4.78, 5) is 69.0. The lowest BCUT2D eigenvalue weighted by molar-refractivity contribution is -0.139. The number of fused-ring (bicyclic) bond motifs is 4. The summed E-state index contributed by atoms with van der Waals surface area (Å²) in [6, 6.07) is 15.3. The van der Waals surface area contributed by atoms with Gasteiger partial charge in [-0.15, -0.1) is 0 Å². The molecule has 3 aromatic carbocycles. The van der Waals surface area contributed by atoms with Gasteiger partial charge in [0.2, 0.25) is 11.8 Å². The number of hydrazine groups is 1. The summed E-state index contributed by atoms with van der Waals surface area (Å²) in [7, 11) is 0. The van der Waals surface area contributed by atoms with Gasteiger partial charge in [-0.3, -0.25) is 24.6 Å². The minimum absolute atomic E-state index is 0.0291. The molecule has 3 aromatic rings. The van der Waals surface area contributed by atoms with Crippen molar-refractivity contribution in [2.45, 2.75) is 24.2 Å². The van der Waals surface area contributed by atoms with Crippen LogP contribution in [-0.4, -0.2) is 44.7 Å². The van der Waals surface area contributed by atoms with E-state index >= 15 is 0 Å². The number of urea groups is 1. The Kier molecular flexibility index (Phi) is 7.05. The quantitative estimate of drug-likeness (QED) is 0.255. The largest absolute Gasteiger partial charge is 0.508 e. The number of hydrogen-bond acceptors (Lipinski definition) is 7. The van der Waals surface area contributed by atoms with Crippen LogP contribution in [-0.2, 0) is 24.6 Å². The van der Waals surface area contributed by atoms with Gasteiger partial charge in [-0.05, 0) is 78.9 Å². The van der Waals surface area contributed by atoms with Crippen LogP contribution in [0.3, 0.4) is 0 Å². The molecule has 2 saturated heterocycles. The number of nitrogens with two attached hydrogens (primary N) is 1. The fraction of sp³-hybridized carbons (Fsp3) is 0.242. The molecule has 10 nitrogen and oxygen atoms in total. The number of nitrogens with one attached hydrogen (secondary N) is 1. The standard InChI is InChI=1S/C33H25BrClFN4O6/c34-16-3-12-25(41)23(13-16)27-20-10-11-21-26(30(44)39(28(21)42)32(37)46)22(20)14-24-29(43)40(38-19-8-6-18(36)7-9-19)31(45)33(24,27)15-1-4-17(35)5-2-15/h1-10,12-13,21-22,24,26-27,38,41H,11,14H2,(H2,37,46). The number of phenols is 1. The zero-order valence-corrected chi connectivity index (χ0v) is 26.2. The number of halogens is 3. The number of likely N-dealkylation sites (tertiary alicyclic amines) is 1. The predicted octanol–water partition coefficient (Wildman–Crippen LogP) is 5.01. The van der Waals surface area contributed by atoms with Crippen molar-refractivity contribution >= 4 is 62.9 Å². The number of carbonyl (C=O) groups excluding carboxylic acids is 5. The molecule has 2 aliphatic heterocycles. The monoisotopic (exact) mass is 706 g/mol. The first kappa shape index (κ1) is 30.1. The second kappa shape index (κ2) is 10.8. The van der Waals surface area contributed by atoms with Gasteiger partial charge < -0.3 is 10.8 Å². The Morgan fingerprint density at radius 1 is 0.978 bits per heavy atom. The van der Waals surface area contributed by atoms with E-state index in [4.69, 9.17) is 17.3 Å². The number of amides is 6. The van der Waals surface area contributed by atoms with E-state index in [9.17, 15) is 33.5 Å². The lowest BCUT2D eigenvalue weighted by atomic mass is 9.49. The second-order valence-electron chi connectivity index (χ2n) is 11.9. The van der Waals surface area contributed by atoms with Gasteiger partial charge in [0.15, 0.2) is 0 Å². The summed E-state index contributed by atoms with van der Waals surface area (Å²) < 4.78 is 14.3. The summed E-state index contributed by atoms with van der Waals surface area (Å²) in [5.74, 6) is -8.13. The van der Waals surface area contributed by atoms with Gasteiger partial charge in [0.05, 0.1) is 28.9 Å². The van der Waals surface area contributed by atoms with Crippen molar-refractivity contribution in [2.24, 2.45) is 29.4 Å². The first-order chi connectivity index (χ1) is 21.9. The number of aromatic hydroxyl groups is 1. The first-order valence-electron chi connectivity index (χ1n) is 14.5. The van der Waals surface area contributed by atoms with E-state index in [1.165, 1.54) is 30.3 Å². The van der Waals surface area contributed by atoms with Crippen molar-refractivity contribution in [1.82, 2.24) is 9.91 Å². The smallest absolute Gasteiger partial charge is 0.328 e. The Morgan fingerprint density at radius 3 is 2.35 bits per heavy atom. The normalized spacial score (nSPS) is 28.5. The van der Waals surface area contributed by atoms with Gasteiger partial charge in [0.1, 0.15) is 11.6 Å². The molecule has 2 heterocycles. The molecule has 0 bridgehead atoms. The maximum atomic E-state index is 15.0. The molecule has 234 valence electrons. The zero-order valence-electron chi connectivity index (χ0n) is 23.8. The van der Waals surface area contributed by atoms with Crippen molar-refractivity contribution in [2.75, 3.05) is 5.43 Å². The number of hydrogen-bond donors (Lipinski definition) is 3. The van der Waals surface area contributed by atoms with Crippen LogP contribution in [0.5, 0.6) is 5.75 Å². The molecule has 46 heavy (non-hydrogen) atoms. The molecule has 1 saturated carbocycles. The van der Waals surface area contributed by atoms with Crippen molar-refractivity contribution in [1.29, 1.82) is 0 Å². The van der Waals surface area contributed by atoms with Crippen LogP contribution in [0.25, 0.3) is 0 Å². The number of carbonyl (C=O) groups is 5. The molecular formula is C33H25BrClFN4O6. The van der Waals surface area contributed by atoms with Crippen LogP contribution < -0.4 is 11.2 Å². The number of rotatable bonds is 4. The van der Waals surface area contributed by atoms with Crippen molar-refractivity contribution in [3.05, 3.63) is 105 Å². The van der Waals surface area contributed by atoms with Gasteiger partial charge in [-0.2, -0.15) is 9.91 Å². The van der Waals surface area contributed by atoms with Gasteiger partial charge >= 0.3 is 6.03 Å². The third kappa shape index (κ3) is 4.23. The molecule has 13 heteroatoms. The number of imide groups is 4. The Hall–Kier alpha value is -4.55. The summed E-state index contributed by atoms with van der Waals surface area (Å²) in [5, 5.41) is 12.7. The van der Waals surface area contributed by atoms with Crippen molar-refractivity contribution in [3.63, 3.8) is 0 Å². The topological polar surface area (TPSA) is 150 Å². The van der Waals surface area contributed by atoms with Crippen LogP contribution in [0, 0.1) is 29.5 Å². The van der Waals surface area contributed by atoms with Crippen LogP contribution in [0.1, 0.15) is 29.9 Å². The predicted molar refractivity (Wildman–Crippen MR) is 166 cm³/mol. The second-order valence-corrected chi connectivity index (χ2v) is 13.3. The summed E-state index contributed by atoms with van der Waals surface area (Å²) >= 11 is 9.74. The van der Waals surface area contributed by atoms with Crippen LogP contribution in [0.2, 0.25) is 5.02 Å². The van der Waals surface area contributed by atoms with Crippen molar-refractivity contribution < 1.29 is 33.5 Å². The number of phenolic OH excluding ortho intramolecular Hbond substituents is 1. The van der Waals surface area contributed by atoms with E-state index in [2.05, 4.69) is 21.4 Å². The molecule has 6 unspecified atom stereocenters. The molecular weight excluding hydrogens is 683 g/mol. The lowest BCUT2D eigenvalue weighted by Gasteiger charge is -2.50. The highest BCUT2D eigenvalue weighted by Crippen LogP contribution is 2.65. The zero-order chi connectivity index (χ0) is 32.7. The highest BCUT2D eigenvalue weighted by atomic mass is 79.9. The average molecular weight is 708 g/mol. The molecule has 6 atom stereocenters. The van der Waals surface area contributed by atoms with Gasteiger partial charge in [0, 0.05) is 21.0 Å².